The minimum absolute atomic E-state index is 0.0838. The van der Waals surface area contributed by atoms with Crippen molar-refractivity contribution in [1.29, 1.82) is 0 Å². The second-order valence-electron chi connectivity index (χ2n) is 11.7. The van der Waals surface area contributed by atoms with Crippen LogP contribution >= 0.6 is 0 Å². The number of aromatic nitrogens is 3. The number of nitrogens with zero attached hydrogens (tertiary/aromatic N) is 4. The first kappa shape index (κ1) is 26.3. The summed E-state index contributed by atoms with van der Waals surface area (Å²) in [6.07, 6.45) is 4.92. The van der Waals surface area contributed by atoms with Gasteiger partial charge >= 0.3 is 0 Å². The standard InChI is InChI=1S/C29H41F2N5O/c1-5-29(22-9-7-6-8-10-22,32-27(37)21-13-15-28(30,31)16-14-21)36-23-11-12-24(36)18-25(17-23)35-20(4)33-34-26(35)19(2)3/h6-10,19,21,23-25H,5,11-18H2,1-4H3,(H,32,37)/t23-,24-,29-/m0/s1. The SMILES string of the molecule is CC[C@@](NC(=O)C1CCC(F)(F)CC1)(c1ccccc1)N1[C@H]2CC[C@H]1CC(n1c(C)nnc1C(C)C)C2. The lowest BCUT2D eigenvalue weighted by Crippen LogP contribution is -2.64. The number of carbonyl (C=O) groups excluding carboxylic acids is 1. The third kappa shape index (κ3) is 4.82. The molecule has 1 N–H and O–H groups in total. The fourth-order valence-electron chi connectivity index (χ4n) is 7.30. The maximum atomic E-state index is 13.8. The fraction of sp³-hybridized carbons (Fsp3) is 0.690. The molecule has 1 amide bonds. The van der Waals surface area contributed by atoms with Gasteiger partial charge in [0.25, 0.3) is 0 Å². The number of nitrogens with one attached hydrogen (secondary N) is 1. The predicted octanol–water partition coefficient (Wildman–Crippen LogP) is 6.08. The zero-order valence-electron chi connectivity index (χ0n) is 22.6. The molecule has 0 radical (unpaired) electrons. The maximum absolute atomic E-state index is 13.8. The molecule has 0 spiro atoms. The highest BCUT2D eigenvalue weighted by Crippen LogP contribution is 2.49. The number of piperidine rings is 1. The zero-order chi connectivity index (χ0) is 26.4. The van der Waals surface area contributed by atoms with Crippen molar-refractivity contribution in [2.75, 3.05) is 0 Å². The van der Waals surface area contributed by atoms with E-state index in [1.54, 1.807) is 0 Å². The van der Waals surface area contributed by atoms with Crippen LogP contribution in [0.1, 0.15) is 108 Å². The molecule has 3 aliphatic rings. The van der Waals surface area contributed by atoms with E-state index in [0.717, 1.165) is 42.9 Å². The molecule has 1 aromatic heterocycles. The minimum Gasteiger partial charge on any atom is -0.334 e. The lowest BCUT2D eigenvalue weighted by Gasteiger charge is -2.52. The van der Waals surface area contributed by atoms with Crippen LogP contribution in [-0.2, 0) is 10.5 Å². The van der Waals surface area contributed by atoms with E-state index in [-0.39, 0.29) is 37.5 Å². The van der Waals surface area contributed by atoms with Crippen molar-refractivity contribution in [3.8, 4) is 0 Å². The number of benzene rings is 1. The van der Waals surface area contributed by atoms with Crippen molar-refractivity contribution in [2.24, 2.45) is 5.92 Å². The molecule has 2 aliphatic heterocycles. The number of hydrogen-bond acceptors (Lipinski definition) is 4. The Morgan fingerprint density at radius 2 is 1.68 bits per heavy atom. The first-order valence-corrected chi connectivity index (χ1v) is 14.1. The summed E-state index contributed by atoms with van der Waals surface area (Å²) in [5.74, 6) is -0.777. The second kappa shape index (κ2) is 10.1. The van der Waals surface area contributed by atoms with Crippen LogP contribution in [0.3, 0.4) is 0 Å². The van der Waals surface area contributed by atoms with E-state index in [1.165, 1.54) is 0 Å². The highest BCUT2D eigenvalue weighted by Gasteiger charge is 2.53. The minimum atomic E-state index is -2.64. The lowest BCUT2D eigenvalue weighted by atomic mass is 9.83. The van der Waals surface area contributed by atoms with Crippen LogP contribution in [0.25, 0.3) is 0 Å². The van der Waals surface area contributed by atoms with E-state index >= 15 is 0 Å². The number of aryl methyl sites for hydroxylation is 1. The van der Waals surface area contributed by atoms with Crippen molar-refractivity contribution >= 4 is 5.91 Å². The molecule has 37 heavy (non-hydrogen) atoms. The van der Waals surface area contributed by atoms with Gasteiger partial charge in [-0.25, -0.2) is 8.78 Å². The van der Waals surface area contributed by atoms with E-state index in [2.05, 4.69) is 57.9 Å². The number of alkyl halides is 2. The molecule has 8 heteroatoms. The smallest absolute Gasteiger partial charge is 0.248 e. The first-order chi connectivity index (χ1) is 17.6. The van der Waals surface area contributed by atoms with Crippen molar-refractivity contribution < 1.29 is 13.6 Å². The maximum Gasteiger partial charge on any atom is 0.248 e. The Hall–Kier alpha value is -2.35. The van der Waals surface area contributed by atoms with Gasteiger partial charge in [0, 0.05) is 42.8 Å². The summed E-state index contributed by atoms with van der Waals surface area (Å²) in [7, 11) is 0. The van der Waals surface area contributed by atoms with Crippen LogP contribution in [-0.4, -0.2) is 43.6 Å². The Morgan fingerprint density at radius 3 is 2.24 bits per heavy atom. The van der Waals surface area contributed by atoms with E-state index in [1.807, 2.05) is 25.1 Å². The quantitative estimate of drug-likeness (QED) is 0.487. The van der Waals surface area contributed by atoms with E-state index < -0.39 is 11.6 Å². The number of amides is 1. The summed E-state index contributed by atoms with van der Waals surface area (Å²) >= 11 is 0. The Bertz CT molecular complexity index is 1080. The van der Waals surface area contributed by atoms with Crippen molar-refractivity contribution in [3.05, 3.63) is 47.5 Å². The molecule has 2 aromatic rings. The molecule has 3 heterocycles. The normalized spacial score (nSPS) is 27.8. The number of fused-ring (bicyclic) bond motifs is 2. The molecule has 1 aliphatic carbocycles. The van der Waals surface area contributed by atoms with Gasteiger partial charge in [-0.1, -0.05) is 51.1 Å². The zero-order valence-corrected chi connectivity index (χ0v) is 22.6. The van der Waals surface area contributed by atoms with Gasteiger partial charge in [-0.05, 0) is 57.4 Å². The summed E-state index contributed by atoms with van der Waals surface area (Å²) in [5, 5.41) is 12.4. The Kier molecular flexibility index (Phi) is 7.16. The van der Waals surface area contributed by atoms with Gasteiger partial charge in [0.05, 0.1) is 0 Å². The monoisotopic (exact) mass is 513 g/mol. The van der Waals surface area contributed by atoms with Crippen LogP contribution in [0.4, 0.5) is 8.78 Å². The largest absolute Gasteiger partial charge is 0.334 e. The molecule has 202 valence electrons. The van der Waals surface area contributed by atoms with Gasteiger partial charge in [0.1, 0.15) is 17.3 Å². The molecule has 1 saturated carbocycles. The molecule has 3 fully saturated rings. The van der Waals surface area contributed by atoms with Gasteiger partial charge in [-0.3, -0.25) is 9.69 Å². The Morgan fingerprint density at radius 1 is 1.05 bits per heavy atom. The van der Waals surface area contributed by atoms with E-state index in [4.69, 9.17) is 0 Å². The topological polar surface area (TPSA) is 63.1 Å². The highest BCUT2D eigenvalue weighted by atomic mass is 19.3. The average molecular weight is 514 g/mol. The second-order valence-corrected chi connectivity index (χ2v) is 11.7. The van der Waals surface area contributed by atoms with Gasteiger partial charge in [0.15, 0.2) is 0 Å². The molecular formula is C29H41F2N5O. The van der Waals surface area contributed by atoms with Crippen LogP contribution in [0.15, 0.2) is 30.3 Å². The number of hydrogen-bond donors (Lipinski definition) is 1. The first-order valence-electron chi connectivity index (χ1n) is 14.1. The molecular weight excluding hydrogens is 472 g/mol. The highest BCUT2D eigenvalue weighted by molar-refractivity contribution is 5.79. The van der Waals surface area contributed by atoms with E-state index in [0.29, 0.717) is 30.5 Å². The summed E-state index contributed by atoms with van der Waals surface area (Å²) < 4.78 is 30.0. The van der Waals surface area contributed by atoms with Crippen molar-refractivity contribution in [3.63, 3.8) is 0 Å². The third-order valence-corrected chi connectivity index (χ3v) is 9.10. The van der Waals surface area contributed by atoms with E-state index in [9.17, 15) is 13.6 Å². The summed E-state index contributed by atoms with van der Waals surface area (Å²) in [4.78, 5) is 16.2. The van der Waals surface area contributed by atoms with Gasteiger partial charge in [-0.2, -0.15) is 0 Å². The van der Waals surface area contributed by atoms with Crippen LogP contribution in [0.5, 0.6) is 0 Å². The molecule has 6 nitrogen and oxygen atoms in total. The third-order valence-electron chi connectivity index (χ3n) is 9.10. The van der Waals surface area contributed by atoms with Gasteiger partial charge in [0.2, 0.25) is 11.8 Å². The van der Waals surface area contributed by atoms with Gasteiger partial charge < -0.3 is 9.88 Å². The Labute approximate surface area is 219 Å². The van der Waals surface area contributed by atoms with Crippen molar-refractivity contribution in [2.45, 2.75) is 121 Å². The molecule has 2 saturated heterocycles. The molecule has 2 bridgehead atoms. The molecule has 3 atom stereocenters. The molecule has 5 rings (SSSR count). The number of carbonyl (C=O) groups is 1. The van der Waals surface area contributed by atoms with Crippen LogP contribution < -0.4 is 5.32 Å². The van der Waals surface area contributed by atoms with Crippen molar-refractivity contribution in [1.82, 2.24) is 25.0 Å². The predicted molar refractivity (Wildman–Crippen MR) is 139 cm³/mol. The average Bonchev–Trinajstić information content (AvgIpc) is 3.39. The molecule has 1 aromatic carbocycles. The number of halogens is 2. The van der Waals surface area contributed by atoms with Gasteiger partial charge in [-0.15, -0.1) is 10.2 Å². The summed E-state index contributed by atoms with van der Waals surface area (Å²) in [5.41, 5.74) is 0.420. The fourth-order valence-corrected chi connectivity index (χ4v) is 7.30. The summed E-state index contributed by atoms with van der Waals surface area (Å²) in [6, 6.07) is 11.2. The lowest BCUT2D eigenvalue weighted by molar-refractivity contribution is -0.137. The summed E-state index contributed by atoms with van der Waals surface area (Å²) in [6.45, 7) is 8.51. The number of rotatable bonds is 7. The van der Waals surface area contributed by atoms with Crippen LogP contribution in [0, 0.1) is 12.8 Å². The molecule has 0 unspecified atom stereocenters. The Balaban J connectivity index is 1.45. The van der Waals surface area contributed by atoms with Crippen LogP contribution in [0.2, 0.25) is 0 Å².